The summed E-state index contributed by atoms with van der Waals surface area (Å²) >= 11 is 0. The number of rotatable bonds is 5. The van der Waals surface area contributed by atoms with Gasteiger partial charge in [0.05, 0.1) is 18.3 Å². The average Bonchev–Trinajstić information content (AvgIpc) is 3.11. The van der Waals surface area contributed by atoms with Crippen molar-refractivity contribution in [1.82, 2.24) is 30.5 Å². The maximum Gasteiger partial charge on any atom is 0.251 e. The van der Waals surface area contributed by atoms with Crippen molar-refractivity contribution in [3.05, 3.63) is 59.9 Å². The van der Waals surface area contributed by atoms with Crippen molar-refractivity contribution in [3.63, 3.8) is 0 Å². The fraction of sp³-hybridized carbons (Fsp3) is 0.235. The number of carbonyl (C=O) groups is 1. The van der Waals surface area contributed by atoms with Gasteiger partial charge in [-0.25, -0.2) is 0 Å². The zero-order chi connectivity index (χ0) is 16.9. The number of aromatic nitrogens is 5. The van der Waals surface area contributed by atoms with Crippen LogP contribution in [0, 0.1) is 0 Å². The second kappa shape index (κ2) is 6.99. The third-order valence-corrected chi connectivity index (χ3v) is 3.45. The molecule has 1 amide bonds. The van der Waals surface area contributed by atoms with Gasteiger partial charge in [-0.15, -0.1) is 10.2 Å². The van der Waals surface area contributed by atoms with Crippen molar-refractivity contribution < 1.29 is 4.79 Å². The van der Waals surface area contributed by atoms with E-state index in [-0.39, 0.29) is 11.9 Å². The number of hydrogen-bond acceptors (Lipinski definition) is 5. The van der Waals surface area contributed by atoms with E-state index >= 15 is 0 Å². The molecule has 0 unspecified atom stereocenters. The molecule has 0 spiro atoms. The Bertz CT molecular complexity index is 811. The minimum Gasteiger partial charge on any atom is -0.346 e. The molecule has 0 aliphatic heterocycles. The Labute approximate surface area is 139 Å². The molecule has 0 aliphatic rings. The van der Waals surface area contributed by atoms with Crippen LogP contribution in [0.2, 0.25) is 0 Å². The van der Waals surface area contributed by atoms with Crippen LogP contribution in [0.3, 0.4) is 0 Å². The summed E-state index contributed by atoms with van der Waals surface area (Å²) in [5.41, 5.74) is 2.21. The molecular weight excluding hydrogens is 304 g/mol. The van der Waals surface area contributed by atoms with Gasteiger partial charge < -0.3 is 5.32 Å². The van der Waals surface area contributed by atoms with E-state index in [0.29, 0.717) is 17.9 Å². The monoisotopic (exact) mass is 322 g/mol. The van der Waals surface area contributed by atoms with Crippen LogP contribution < -0.4 is 5.32 Å². The molecule has 0 radical (unpaired) electrons. The van der Waals surface area contributed by atoms with Crippen LogP contribution >= 0.6 is 0 Å². The molecule has 2 aromatic heterocycles. The summed E-state index contributed by atoms with van der Waals surface area (Å²) in [6, 6.07) is 12.9. The standard InChI is InChI=1S/C17H18N6O/c1-12(2)23-21-16(20-22-23)13-6-8-14(9-7-13)17(24)19-11-15-5-3-4-10-18-15/h3-10,12H,11H2,1-2H3,(H,19,24). The van der Waals surface area contributed by atoms with Gasteiger partial charge in [0.25, 0.3) is 5.91 Å². The largest absolute Gasteiger partial charge is 0.346 e. The predicted octanol–water partition coefficient (Wildman–Crippen LogP) is 2.25. The molecular formula is C17H18N6O. The predicted molar refractivity (Wildman–Crippen MR) is 89.0 cm³/mol. The normalized spacial score (nSPS) is 10.8. The molecule has 122 valence electrons. The van der Waals surface area contributed by atoms with Crippen LogP contribution in [0.4, 0.5) is 0 Å². The van der Waals surface area contributed by atoms with E-state index in [2.05, 4.69) is 25.7 Å². The molecule has 3 rings (SSSR count). The van der Waals surface area contributed by atoms with E-state index in [1.54, 1.807) is 23.1 Å². The number of benzene rings is 1. The van der Waals surface area contributed by atoms with Crippen molar-refractivity contribution in [1.29, 1.82) is 0 Å². The molecule has 1 N–H and O–H groups in total. The fourth-order valence-corrected chi connectivity index (χ4v) is 2.11. The Balaban J connectivity index is 1.66. The number of amides is 1. The third kappa shape index (κ3) is 3.62. The quantitative estimate of drug-likeness (QED) is 0.778. The van der Waals surface area contributed by atoms with Gasteiger partial charge in [0.1, 0.15) is 0 Å². The molecule has 0 bridgehead atoms. The van der Waals surface area contributed by atoms with E-state index in [0.717, 1.165) is 11.3 Å². The molecule has 1 aromatic carbocycles. The first-order chi connectivity index (χ1) is 11.6. The van der Waals surface area contributed by atoms with Crippen molar-refractivity contribution in [2.24, 2.45) is 0 Å². The zero-order valence-electron chi connectivity index (χ0n) is 13.5. The van der Waals surface area contributed by atoms with Crippen LogP contribution in [0.15, 0.2) is 48.7 Å². The van der Waals surface area contributed by atoms with Gasteiger partial charge >= 0.3 is 0 Å². The molecule has 0 saturated heterocycles. The summed E-state index contributed by atoms with van der Waals surface area (Å²) in [7, 11) is 0. The Hall–Kier alpha value is -3.09. The molecule has 0 aliphatic carbocycles. The third-order valence-electron chi connectivity index (χ3n) is 3.45. The second-order valence-corrected chi connectivity index (χ2v) is 5.61. The summed E-state index contributed by atoms with van der Waals surface area (Å²) < 4.78 is 0. The van der Waals surface area contributed by atoms with Crippen molar-refractivity contribution in [2.45, 2.75) is 26.4 Å². The Morgan fingerprint density at radius 1 is 1.17 bits per heavy atom. The molecule has 7 nitrogen and oxygen atoms in total. The number of nitrogens with zero attached hydrogens (tertiary/aromatic N) is 5. The lowest BCUT2D eigenvalue weighted by Gasteiger charge is -2.05. The molecule has 3 aromatic rings. The Kier molecular flexibility index (Phi) is 4.60. The second-order valence-electron chi connectivity index (χ2n) is 5.61. The van der Waals surface area contributed by atoms with Gasteiger partial charge in [-0.05, 0) is 43.3 Å². The van der Waals surface area contributed by atoms with Crippen molar-refractivity contribution in [3.8, 4) is 11.4 Å². The number of pyridine rings is 1. The van der Waals surface area contributed by atoms with E-state index in [9.17, 15) is 4.79 Å². The highest BCUT2D eigenvalue weighted by molar-refractivity contribution is 5.94. The zero-order valence-corrected chi connectivity index (χ0v) is 13.5. The Morgan fingerprint density at radius 3 is 2.58 bits per heavy atom. The highest BCUT2D eigenvalue weighted by atomic mass is 16.1. The van der Waals surface area contributed by atoms with Crippen LogP contribution in [0.1, 0.15) is 35.9 Å². The van der Waals surface area contributed by atoms with Crippen molar-refractivity contribution >= 4 is 5.91 Å². The summed E-state index contributed by atoms with van der Waals surface area (Å²) in [6.45, 7) is 4.37. The lowest BCUT2D eigenvalue weighted by Crippen LogP contribution is -2.23. The van der Waals surface area contributed by atoms with Crippen LogP contribution in [-0.4, -0.2) is 31.1 Å². The maximum absolute atomic E-state index is 12.2. The first kappa shape index (κ1) is 15.8. The topological polar surface area (TPSA) is 85.6 Å². The van der Waals surface area contributed by atoms with Crippen LogP contribution in [0.5, 0.6) is 0 Å². The summed E-state index contributed by atoms with van der Waals surface area (Å²) in [4.78, 5) is 17.9. The minimum atomic E-state index is -0.147. The maximum atomic E-state index is 12.2. The highest BCUT2D eigenvalue weighted by Gasteiger charge is 2.10. The van der Waals surface area contributed by atoms with Crippen LogP contribution in [-0.2, 0) is 6.54 Å². The Morgan fingerprint density at radius 2 is 1.96 bits per heavy atom. The number of hydrogen-bond donors (Lipinski definition) is 1. The first-order valence-electron chi connectivity index (χ1n) is 7.71. The van der Waals surface area contributed by atoms with Crippen LogP contribution in [0.25, 0.3) is 11.4 Å². The van der Waals surface area contributed by atoms with Gasteiger partial charge in [-0.3, -0.25) is 9.78 Å². The van der Waals surface area contributed by atoms with Crippen molar-refractivity contribution in [2.75, 3.05) is 0 Å². The average molecular weight is 322 g/mol. The molecule has 24 heavy (non-hydrogen) atoms. The lowest BCUT2D eigenvalue weighted by atomic mass is 10.1. The molecule has 0 fully saturated rings. The summed E-state index contributed by atoms with van der Waals surface area (Å²) in [6.07, 6.45) is 1.70. The molecule has 2 heterocycles. The molecule has 0 atom stereocenters. The van der Waals surface area contributed by atoms with E-state index in [1.807, 2.05) is 44.2 Å². The van der Waals surface area contributed by atoms with Gasteiger partial charge in [0.15, 0.2) is 0 Å². The fourth-order valence-electron chi connectivity index (χ4n) is 2.11. The smallest absolute Gasteiger partial charge is 0.251 e. The SMILES string of the molecule is CC(C)n1nnc(-c2ccc(C(=O)NCc3ccccn3)cc2)n1. The van der Waals surface area contributed by atoms with Gasteiger partial charge in [-0.1, -0.05) is 18.2 Å². The van der Waals surface area contributed by atoms with Gasteiger partial charge in [-0.2, -0.15) is 4.80 Å². The number of tetrazole rings is 1. The molecule has 0 saturated carbocycles. The number of nitrogens with one attached hydrogen (secondary N) is 1. The van der Waals surface area contributed by atoms with E-state index in [1.165, 1.54) is 0 Å². The molecule has 7 heteroatoms. The number of carbonyl (C=O) groups excluding carboxylic acids is 1. The lowest BCUT2D eigenvalue weighted by molar-refractivity contribution is 0.0950. The van der Waals surface area contributed by atoms with E-state index in [4.69, 9.17) is 0 Å². The van der Waals surface area contributed by atoms with Gasteiger partial charge in [0, 0.05) is 17.3 Å². The first-order valence-corrected chi connectivity index (χ1v) is 7.71. The minimum absolute atomic E-state index is 0.147. The van der Waals surface area contributed by atoms with Gasteiger partial charge in [0.2, 0.25) is 5.82 Å². The highest BCUT2D eigenvalue weighted by Crippen LogP contribution is 2.15. The van der Waals surface area contributed by atoms with E-state index < -0.39 is 0 Å². The summed E-state index contributed by atoms with van der Waals surface area (Å²) in [5.74, 6) is 0.398. The summed E-state index contributed by atoms with van der Waals surface area (Å²) in [5, 5.41) is 15.2.